The van der Waals surface area contributed by atoms with Crippen molar-refractivity contribution in [2.24, 2.45) is 5.92 Å². The molecule has 0 radical (unpaired) electrons. The number of carbonyl (C=O) groups is 1. The van der Waals surface area contributed by atoms with Gasteiger partial charge in [0.15, 0.2) is 12.7 Å². The molecular formula is C29H30O7S2. The van der Waals surface area contributed by atoms with Crippen molar-refractivity contribution in [1.82, 2.24) is 0 Å². The molecule has 1 aliphatic heterocycles. The molecule has 0 bridgehead atoms. The zero-order chi connectivity index (χ0) is 26.7. The minimum absolute atomic E-state index is 0.275. The molecule has 2 saturated carbocycles. The summed E-state index contributed by atoms with van der Waals surface area (Å²) in [5.41, 5.74) is 1.07. The zero-order valence-corrected chi connectivity index (χ0v) is 23.1. The average molecular weight is 555 g/mol. The molecule has 0 amide bonds. The highest BCUT2D eigenvalue weighted by molar-refractivity contribution is 8.17. The lowest BCUT2D eigenvalue weighted by atomic mass is 9.51. The lowest BCUT2D eigenvalue weighted by molar-refractivity contribution is -0.297. The van der Waals surface area contributed by atoms with Gasteiger partial charge in [-0.05, 0) is 76.1 Å². The molecule has 3 aromatic carbocycles. The molecule has 3 fully saturated rings. The Morgan fingerprint density at radius 1 is 0.974 bits per heavy atom. The average Bonchev–Trinajstić information content (AvgIpc) is 3.00. The maximum absolute atomic E-state index is 12.8. The summed E-state index contributed by atoms with van der Waals surface area (Å²) >= 11 is 0. The minimum atomic E-state index is -3.63. The third kappa shape index (κ3) is 3.95. The van der Waals surface area contributed by atoms with Crippen LogP contribution in [0, 0.1) is 19.8 Å². The van der Waals surface area contributed by atoms with Crippen molar-refractivity contribution in [1.29, 1.82) is 0 Å². The fourth-order valence-electron chi connectivity index (χ4n) is 6.19. The molecule has 200 valence electrons. The molecule has 6 rings (SSSR count). The molecule has 5 atom stereocenters. The highest BCUT2D eigenvalue weighted by Crippen LogP contribution is 2.65. The minimum Gasteiger partial charge on any atom is -0.481 e. The fourth-order valence-corrected chi connectivity index (χ4v) is 10.6. The van der Waals surface area contributed by atoms with Crippen LogP contribution in [-0.4, -0.2) is 51.2 Å². The van der Waals surface area contributed by atoms with Crippen molar-refractivity contribution in [2.75, 3.05) is 13.7 Å². The van der Waals surface area contributed by atoms with Gasteiger partial charge in [-0.15, -0.1) is 0 Å². The maximum Gasteiger partial charge on any atom is 0.344 e. The Morgan fingerprint density at radius 2 is 1.55 bits per heavy atom. The van der Waals surface area contributed by atoms with E-state index in [1.807, 2.05) is 26.0 Å². The van der Waals surface area contributed by atoms with Crippen molar-refractivity contribution in [3.05, 3.63) is 83.9 Å². The Bertz CT molecular complexity index is 1410. The number of hydrogen-bond acceptors (Lipinski definition) is 7. The van der Waals surface area contributed by atoms with Gasteiger partial charge in [-0.2, -0.15) is 19.3 Å². The number of thiol groups is 1. The largest absolute Gasteiger partial charge is 0.481 e. The van der Waals surface area contributed by atoms with E-state index in [0.29, 0.717) is 5.75 Å². The Kier molecular flexibility index (Phi) is 6.30. The third-order valence-electron chi connectivity index (χ3n) is 7.94. The number of esters is 1. The molecule has 3 aromatic rings. The van der Waals surface area contributed by atoms with E-state index < -0.39 is 50.0 Å². The Hall–Kier alpha value is -2.85. The predicted molar refractivity (Wildman–Crippen MR) is 143 cm³/mol. The number of methoxy groups -OCH3 is 1. The van der Waals surface area contributed by atoms with E-state index in [9.17, 15) is 13.2 Å². The third-order valence-corrected chi connectivity index (χ3v) is 12.0. The second kappa shape index (κ2) is 9.41. The normalized spacial score (nSPS) is 28.4. The molecule has 0 aromatic heterocycles. The zero-order valence-electron chi connectivity index (χ0n) is 21.4. The van der Waals surface area contributed by atoms with E-state index in [0.717, 1.165) is 11.1 Å². The van der Waals surface area contributed by atoms with Crippen LogP contribution in [0.5, 0.6) is 5.75 Å². The molecule has 1 heterocycles. The lowest BCUT2D eigenvalue weighted by Crippen LogP contribution is -2.79. The maximum atomic E-state index is 12.8. The van der Waals surface area contributed by atoms with Crippen LogP contribution in [0.15, 0.2) is 87.5 Å². The van der Waals surface area contributed by atoms with Crippen LogP contribution in [0.2, 0.25) is 0 Å². The lowest BCUT2D eigenvalue weighted by Gasteiger charge is -2.62. The van der Waals surface area contributed by atoms with Crippen molar-refractivity contribution in [3.63, 3.8) is 0 Å². The molecule has 0 spiro atoms. The number of hydrogen-bond donors (Lipinski definition) is 1. The van der Waals surface area contributed by atoms with E-state index >= 15 is 0 Å². The fraction of sp³-hybridized carbons (Fsp3) is 0.345. The van der Waals surface area contributed by atoms with Crippen molar-refractivity contribution in [3.8, 4) is 5.75 Å². The molecular weight excluding hydrogens is 524 g/mol. The Labute approximate surface area is 225 Å². The summed E-state index contributed by atoms with van der Waals surface area (Å²) in [7, 11) is -2.88. The quantitative estimate of drug-likeness (QED) is 0.248. The summed E-state index contributed by atoms with van der Waals surface area (Å²) < 4.78 is 46.7. The van der Waals surface area contributed by atoms with Gasteiger partial charge in [-0.1, -0.05) is 36.4 Å². The molecule has 0 N–H and O–H groups in total. The number of aryl methyl sites for hydroxylation is 2. The van der Waals surface area contributed by atoms with Gasteiger partial charge in [0.05, 0.1) is 5.25 Å². The van der Waals surface area contributed by atoms with Crippen LogP contribution in [-0.2, 0) is 28.6 Å². The Morgan fingerprint density at radius 3 is 2.11 bits per heavy atom. The first kappa shape index (κ1) is 25.4. The summed E-state index contributed by atoms with van der Waals surface area (Å²) in [5.74, 6) is -0.226. The summed E-state index contributed by atoms with van der Waals surface area (Å²) in [5, 5.41) is -0.570. The van der Waals surface area contributed by atoms with E-state index in [2.05, 4.69) is 60.7 Å². The standard InChI is InChI=1S/C29H30O7S2/c1-18-14-22(37(20-10-6-4-7-11-20)21-12-8-5-9-13-21)15-19(2)26(18)34-17-24(30)35-28-27-25-23(38(31,32)36-27)16-29(25,28)33-3/h4-15,23,25,27-28,37H,16-17H2,1-3H3. The Balaban J connectivity index is 1.18. The first-order chi connectivity index (χ1) is 18.2. The van der Waals surface area contributed by atoms with Crippen molar-refractivity contribution in [2.45, 2.75) is 58.0 Å². The SMILES string of the molecule is COC12CC3C1C(OS3(=O)=O)C2OC(=O)COc1c(C)cc([SH](c2ccccc2)c2ccccc2)cc1C. The summed E-state index contributed by atoms with van der Waals surface area (Å²) in [6.45, 7) is 3.66. The molecule has 2 aliphatic carbocycles. The van der Waals surface area contributed by atoms with E-state index in [-0.39, 0.29) is 18.9 Å². The second-order valence-electron chi connectivity index (χ2n) is 10.1. The van der Waals surface area contributed by atoms with Gasteiger partial charge >= 0.3 is 5.97 Å². The number of carbonyl (C=O) groups excluding carboxylic acids is 1. The first-order valence-corrected chi connectivity index (χ1v) is 15.4. The number of ether oxygens (including phenoxy) is 3. The van der Waals surface area contributed by atoms with Crippen LogP contribution in [0.1, 0.15) is 17.5 Å². The van der Waals surface area contributed by atoms with E-state index in [1.54, 1.807) is 0 Å². The molecule has 7 nitrogen and oxygen atoms in total. The van der Waals surface area contributed by atoms with E-state index in [4.69, 9.17) is 18.4 Å². The topological polar surface area (TPSA) is 88.1 Å². The van der Waals surface area contributed by atoms with Gasteiger partial charge in [0, 0.05) is 19.4 Å². The molecule has 9 heteroatoms. The van der Waals surface area contributed by atoms with Crippen LogP contribution in [0.3, 0.4) is 0 Å². The first-order valence-electron chi connectivity index (χ1n) is 12.6. The monoisotopic (exact) mass is 554 g/mol. The molecule has 5 unspecified atom stereocenters. The molecule has 3 aliphatic rings. The van der Waals surface area contributed by atoms with Gasteiger partial charge in [-0.3, -0.25) is 4.18 Å². The van der Waals surface area contributed by atoms with Crippen LogP contribution >= 0.6 is 10.9 Å². The van der Waals surface area contributed by atoms with Gasteiger partial charge in [0.1, 0.15) is 17.5 Å². The summed E-state index contributed by atoms with van der Waals surface area (Å²) in [6, 6.07) is 25.2. The highest BCUT2D eigenvalue weighted by Gasteiger charge is 2.82. The molecule has 1 saturated heterocycles. The van der Waals surface area contributed by atoms with Gasteiger partial charge in [0.25, 0.3) is 10.1 Å². The van der Waals surface area contributed by atoms with Crippen LogP contribution in [0.4, 0.5) is 0 Å². The van der Waals surface area contributed by atoms with Gasteiger partial charge in [0.2, 0.25) is 0 Å². The second-order valence-corrected chi connectivity index (χ2v) is 14.1. The van der Waals surface area contributed by atoms with Gasteiger partial charge in [-0.25, -0.2) is 4.79 Å². The number of benzene rings is 3. The van der Waals surface area contributed by atoms with Crippen LogP contribution < -0.4 is 4.74 Å². The van der Waals surface area contributed by atoms with Gasteiger partial charge < -0.3 is 14.2 Å². The summed E-state index contributed by atoms with van der Waals surface area (Å²) in [4.78, 5) is 16.5. The van der Waals surface area contributed by atoms with Crippen molar-refractivity contribution >= 4 is 27.0 Å². The highest BCUT2D eigenvalue weighted by atomic mass is 32.2. The molecule has 38 heavy (non-hydrogen) atoms. The summed E-state index contributed by atoms with van der Waals surface area (Å²) in [6.07, 6.45) is -1.16. The van der Waals surface area contributed by atoms with Crippen LogP contribution in [0.25, 0.3) is 0 Å². The number of rotatable bonds is 8. The smallest absolute Gasteiger partial charge is 0.344 e. The van der Waals surface area contributed by atoms with E-state index in [1.165, 1.54) is 21.8 Å². The predicted octanol–water partition coefficient (Wildman–Crippen LogP) is 4.59. The van der Waals surface area contributed by atoms with Crippen molar-refractivity contribution < 1.29 is 31.6 Å².